The minimum atomic E-state index is -0.542. The number of carbonyl (C=O) groups excluding carboxylic acids is 2. The summed E-state index contributed by atoms with van der Waals surface area (Å²) < 4.78 is 5.23. The summed E-state index contributed by atoms with van der Waals surface area (Å²) in [5, 5.41) is 5.52. The molecule has 2 aromatic heterocycles. The first-order chi connectivity index (χ1) is 13.2. The van der Waals surface area contributed by atoms with Crippen LogP contribution in [0.3, 0.4) is 0 Å². The zero-order valence-electron chi connectivity index (χ0n) is 15.8. The lowest BCUT2D eigenvalue weighted by Gasteiger charge is -2.20. The van der Waals surface area contributed by atoms with Gasteiger partial charge in [0.2, 0.25) is 0 Å². The number of anilines is 1. The predicted octanol–water partition coefficient (Wildman–Crippen LogP) is 3.42. The smallest absolute Gasteiger partial charge is 0.261 e. The lowest BCUT2D eigenvalue weighted by atomic mass is 10.1. The van der Waals surface area contributed by atoms with Crippen LogP contribution in [0.4, 0.5) is 5.69 Å². The van der Waals surface area contributed by atoms with Crippen LogP contribution in [0.5, 0.6) is 0 Å². The van der Waals surface area contributed by atoms with Gasteiger partial charge in [-0.25, -0.2) is 0 Å². The van der Waals surface area contributed by atoms with Crippen molar-refractivity contribution in [3.05, 3.63) is 76.3 Å². The van der Waals surface area contributed by atoms with Gasteiger partial charge < -0.3 is 20.0 Å². The number of hydrogen-bond acceptors (Lipinski definition) is 4. The Hall–Kier alpha value is -3.61. The molecule has 0 bridgehead atoms. The Labute approximate surface area is 161 Å². The Balaban J connectivity index is 1.71. The molecule has 0 saturated heterocycles. The molecule has 3 aromatic rings. The van der Waals surface area contributed by atoms with Gasteiger partial charge in [0.1, 0.15) is 11.3 Å². The van der Waals surface area contributed by atoms with Crippen molar-refractivity contribution >= 4 is 17.5 Å². The average Bonchev–Trinajstić information content (AvgIpc) is 3.15. The van der Waals surface area contributed by atoms with E-state index in [0.717, 1.165) is 0 Å². The van der Waals surface area contributed by atoms with Crippen LogP contribution >= 0.6 is 0 Å². The van der Waals surface area contributed by atoms with Crippen molar-refractivity contribution in [2.24, 2.45) is 0 Å². The quantitative estimate of drug-likeness (QED) is 0.646. The summed E-state index contributed by atoms with van der Waals surface area (Å²) in [5.41, 5.74) is 0.561. The van der Waals surface area contributed by atoms with Crippen molar-refractivity contribution in [3.8, 4) is 11.5 Å². The largest absolute Gasteiger partial charge is 0.463 e. The highest BCUT2D eigenvalue weighted by atomic mass is 16.3. The number of pyridine rings is 1. The normalized spacial score (nSPS) is 11.1. The van der Waals surface area contributed by atoms with Gasteiger partial charge in [-0.3, -0.25) is 14.4 Å². The number of furan rings is 1. The first kappa shape index (κ1) is 19.2. The summed E-state index contributed by atoms with van der Waals surface area (Å²) in [6.45, 7) is 5.69. The molecule has 0 radical (unpaired) electrons. The second kappa shape index (κ2) is 7.56. The number of H-pyrrole nitrogens is 1. The highest BCUT2D eigenvalue weighted by molar-refractivity contribution is 6.04. The zero-order chi connectivity index (χ0) is 20.3. The number of aromatic amines is 1. The maximum Gasteiger partial charge on any atom is 0.261 e. The van der Waals surface area contributed by atoms with Gasteiger partial charge in [0.05, 0.1) is 12.0 Å². The number of rotatable bonds is 4. The van der Waals surface area contributed by atoms with Crippen LogP contribution in [-0.4, -0.2) is 22.3 Å². The fourth-order valence-electron chi connectivity index (χ4n) is 2.54. The van der Waals surface area contributed by atoms with Crippen molar-refractivity contribution in [1.82, 2.24) is 10.3 Å². The Morgan fingerprint density at radius 2 is 1.68 bits per heavy atom. The lowest BCUT2D eigenvalue weighted by molar-refractivity contribution is 0.0919. The maximum atomic E-state index is 12.4. The minimum absolute atomic E-state index is 0.0233. The summed E-state index contributed by atoms with van der Waals surface area (Å²) in [5.74, 6) is -0.234. The average molecular weight is 379 g/mol. The molecule has 7 heteroatoms. The fourth-order valence-corrected chi connectivity index (χ4v) is 2.54. The third-order valence-corrected chi connectivity index (χ3v) is 3.83. The molecule has 28 heavy (non-hydrogen) atoms. The molecule has 0 atom stereocenters. The number of carbonyl (C=O) groups is 2. The van der Waals surface area contributed by atoms with E-state index in [2.05, 4.69) is 15.6 Å². The second-order valence-electron chi connectivity index (χ2n) is 7.33. The molecule has 1 aromatic carbocycles. The van der Waals surface area contributed by atoms with Gasteiger partial charge in [-0.2, -0.15) is 0 Å². The number of nitrogens with one attached hydrogen (secondary N) is 3. The van der Waals surface area contributed by atoms with Crippen molar-refractivity contribution in [2.75, 3.05) is 5.32 Å². The molecule has 0 unspecified atom stereocenters. The van der Waals surface area contributed by atoms with Gasteiger partial charge in [-0.15, -0.1) is 0 Å². The van der Waals surface area contributed by atoms with Crippen LogP contribution in [0.15, 0.2) is 64.0 Å². The third-order valence-electron chi connectivity index (χ3n) is 3.83. The molecule has 0 saturated carbocycles. The Bertz CT molecular complexity index is 1040. The van der Waals surface area contributed by atoms with Crippen molar-refractivity contribution in [3.63, 3.8) is 0 Å². The van der Waals surface area contributed by atoms with E-state index in [9.17, 15) is 14.4 Å². The number of aromatic nitrogens is 1. The lowest BCUT2D eigenvalue weighted by Crippen LogP contribution is -2.40. The van der Waals surface area contributed by atoms with E-state index in [4.69, 9.17) is 4.42 Å². The summed E-state index contributed by atoms with van der Waals surface area (Å²) >= 11 is 0. The summed E-state index contributed by atoms with van der Waals surface area (Å²) in [6.07, 6.45) is 1.50. The molecule has 2 amide bonds. The van der Waals surface area contributed by atoms with E-state index in [1.165, 1.54) is 12.3 Å². The van der Waals surface area contributed by atoms with Crippen LogP contribution in [0, 0.1) is 0 Å². The molecule has 144 valence electrons. The zero-order valence-corrected chi connectivity index (χ0v) is 15.8. The van der Waals surface area contributed by atoms with E-state index in [0.29, 0.717) is 22.7 Å². The predicted molar refractivity (Wildman–Crippen MR) is 106 cm³/mol. The molecule has 3 rings (SSSR count). The molecule has 0 aliphatic heterocycles. The third kappa shape index (κ3) is 4.56. The summed E-state index contributed by atoms with van der Waals surface area (Å²) in [7, 11) is 0. The van der Waals surface area contributed by atoms with E-state index >= 15 is 0 Å². The van der Waals surface area contributed by atoms with Gasteiger partial charge in [0.15, 0.2) is 0 Å². The van der Waals surface area contributed by atoms with Crippen LogP contribution in [-0.2, 0) is 0 Å². The topological polar surface area (TPSA) is 104 Å². The molecule has 0 fully saturated rings. The van der Waals surface area contributed by atoms with Crippen LogP contribution in [0.2, 0.25) is 0 Å². The van der Waals surface area contributed by atoms with E-state index in [1.54, 1.807) is 42.5 Å². The van der Waals surface area contributed by atoms with E-state index < -0.39 is 11.5 Å². The van der Waals surface area contributed by atoms with Gasteiger partial charge in [0, 0.05) is 16.8 Å². The van der Waals surface area contributed by atoms with Crippen molar-refractivity contribution in [1.29, 1.82) is 0 Å². The molecule has 3 N–H and O–H groups in total. The van der Waals surface area contributed by atoms with Gasteiger partial charge in [-0.05, 0) is 69.3 Å². The second-order valence-corrected chi connectivity index (χ2v) is 7.33. The molecule has 0 aliphatic carbocycles. The van der Waals surface area contributed by atoms with E-state index in [1.807, 2.05) is 20.8 Å². The maximum absolute atomic E-state index is 12.4. The monoisotopic (exact) mass is 379 g/mol. The van der Waals surface area contributed by atoms with Gasteiger partial charge >= 0.3 is 0 Å². The first-order valence-corrected chi connectivity index (χ1v) is 8.74. The Morgan fingerprint density at radius 3 is 2.25 bits per heavy atom. The number of amides is 2. The van der Waals surface area contributed by atoms with E-state index in [-0.39, 0.29) is 17.0 Å². The summed E-state index contributed by atoms with van der Waals surface area (Å²) in [4.78, 5) is 39.4. The molecular formula is C21H21N3O4. The highest BCUT2D eigenvalue weighted by Gasteiger charge is 2.16. The molecule has 0 spiro atoms. The molecule has 2 heterocycles. The van der Waals surface area contributed by atoms with Gasteiger partial charge in [0.25, 0.3) is 17.4 Å². The number of benzene rings is 1. The minimum Gasteiger partial charge on any atom is -0.463 e. The molecule has 7 nitrogen and oxygen atoms in total. The molecule has 0 aliphatic rings. The van der Waals surface area contributed by atoms with Crippen LogP contribution in [0.25, 0.3) is 11.5 Å². The first-order valence-electron chi connectivity index (χ1n) is 8.74. The Kier molecular flexibility index (Phi) is 5.17. The van der Waals surface area contributed by atoms with Crippen LogP contribution < -0.4 is 16.2 Å². The summed E-state index contributed by atoms with van der Waals surface area (Å²) in [6, 6.07) is 12.9. The highest BCUT2D eigenvalue weighted by Crippen LogP contribution is 2.16. The van der Waals surface area contributed by atoms with Crippen molar-refractivity contribution < 1.29 is 14.0 Å². The number of hydrogen-bond donors (Lipinski definition) is 3. The Morgan fingerprint density at radius 1 is 0.964 bits per heavy atom. The van der Waals surface area contributed by atoms with Crippen LogP contribution in [0.1, 0.15) is 41.5 Å². The van der Waals surface area contributed by atoms with Gasteiger partial charge in [-0.1, -0.05) is 0 Å². The van der Waals surface area contributed by atoms with Crippen molar-refractivity contribution in [2.45, 2.75) is 26.3 Å². The molecular weight excluding hydrogens is 358 g/mol. The SMILES string of the molecule is CC(C)(C)NC(=O)c1ccc(NC(=O)c2ccc(-c3ccco3)[nH]c2=O)cc1. The standard InChI is InChI=1S/C21H21N3O4/c1-21(2,3)24-18(25)13-6-8-14(9-7-13)22-19(26)15-10-11-16(23-20(15)27)17-5-4-12-28-17/h4-12H,1-3H3,(H,22,26)(H,23,27)(H,24,25). The fraction of sp³-hybridized carbons (Fsp3) is 0.190.